The Morgan fingerprint density at radius 1 is 1.21 bits per heavy atom. The molecule has 0 aliphatic carbocycles. The van der Waals surface area contributed by atoms with Crippen LogP contribution in [0.3, 0.4) is 0 Å². The van der Waals surface area contributed by atoms with E-state index in [-0.39, 0.29) is 5.91 Å². The fraction of sp³-hybridized carbons (Fsp3) is 0.174. The van der Waals surface area contributed by atoms with Crippen molar-refractivity contribution < 1.29 is 13.9 Å². The maximum atomic E-state index is 13.2. The van der Waals surface area contributed by atoms with E-state index in [2.05, 4.69) is 20.9 Å². The van der Waals surface area contributed by atoms with Gasteiger partial charge in [-0.1, -0.05) is 59.8 Å². The van der Waals surface area contributed by atoms with Gasteiger partial charge in [0.1, 0.15) is 16.8 Å². The molecule has 0 bridgehead atoms. The van der Waals surface area contributed by atoms with Crippen LogP contribution in [0, 0.1) is 0 Å². The van der Waals surface area contributed by atoms with Crippen LogP contribution in [0.2, 0.25) is 5.02 Å². The predicted octanol–water partition coefficient (Wildman–Crippen LogP) is 4.28. The average Bonchev–Trinajstić information content (AvgIpc) is 3.52. The lowest BCUT2D eigenvalue weighted by atomic mass is 10.0. The minimum atomic E-state index is -0.523. The van der Waals surface area contributed by atoms with E-state index < -0.39 is 11.3 Å². The molecule has 10 heteroatoms. The second kappa shape index (κ2) is 9.21. The van der Waals surface area contributed by atoms with Gasteiger partial charge in [0.15, 0.2) is 5.82 Å². The number of benzene rings is 2. The Hall–Kier alpha value is -3.43. The van der Waals surface area contributed by atoms with Crippen molar-refractivity contribution in [3.63, 3.8) is 0 Å². The van der Waals surface area contributed by atoms with Crippen LogP contribution in [0.1, 0.15) is 17.4 Å². The predicted molar refractivity (Wildman–Crippen MR) is 126 cm³/mol. The van der Waals surface area contributed by atoms with Crippen LogP contribution in [0.25, 0.3) is 11.4 Å². The summed E-state index contributed by atoms with van der Waals surface area (Å²) < 4.78 is 12.4. The van der Waals surface area contributed by atoms with Crippen LogP contribution in [-0.4, -0.2) is 33.1 Å². The first-order chi connectivity index (χ1) is 16.1. The van der Waals surface area contributed by atoms with E-state index in [0.29, 0.717) is 34.1 Å². The van der Waals surface area contributed by atoms with Gasteiger partial charge in [0.2, 0.25) is 11.1 Å². The highest BCUT2D eigenvalue weighted by molar-refractivity contribution is 8.00. The molecule has 0 unspecified atom stereocenters. The number of methoxy groups -OCH3 is 1. The summed E-state index contributed by atoms with van der Waals surface area (Å²) in [6.07, 6.45) is 1.58. The third-order valence-electron chi connectivity index (χ3n) is 5.28. The number of amides is 1. The number of carbonyl (C=O) groups is 1. The van der Waals surface area contributed by atoms with Crippen molar-refractivity contribution in [3.8, 4) is 17.1 Å². The Morgan fingerprint density at radius 2 is 2.06 bits per heavy atom. The van der Waals surface area contributed by atoms with Gasteiger partial charge in [-0.2, -0.15) is 0 Å². The summed E-state index contributed by atoms with van der Waals surface area (Å²) >= 11 is 7.75. The fourth-order valence-corrected chi connectivity index (χ4v) is 5.01. The highest BCUT2D eigenvalue weighted by atomic mass is 35.5. The van der Waals surface area contributed by atoms with Crippen molar-refractivity contribution in [1.82, 2.24) is 20.2 Å². The first-order valence-corrected chi connectivity index (χ1v) is 11.5. The van der Waals surface area contributed by atoms with Crippen molar-refractivity contribution in [2.45, 2.75) is 23.0 Å². The largest absolute Gasteiger partial charge is 0.495 e. The molecular weight excluding hydrogens is 462 g/mol. The van der Waals surface area contributed by atoms with E-state index in [4.69, 9.17) is 20.8 Å². The minimum Gasteiger partial charge on any atom is -0.495 e. The van der Waals surface area contributed by atoms with Gasteiger partial charge in [0.05, 0.1) is 31.0 Å². The van der Waals surface area contributed by atoms with E-state index in [1.165, 1.54) is 11.8 Å². The van der Waals surface area contributed by atoms with Crippen LogP contribution >= 0.6 is 23.4 Å². The second-order valence-electron chi connectivity index (χ2n) is 7.34. The zero-order chi connectivity index (χ0) is 22.8. The van der Waals surface area contributed by atoms with Gasteiger partial charge in [0, 0.05) is 5.56 Å². The van der Waals surface area contributed by atoms with Crippen molar-refractivity contribution in [2.75, 3.05) is 12.5 Å². The quantitative estimate of drug-likeness (QED) is 0.424. The third kappa shape index (κ3) is 4.29. The van der Waals surface area contributed by atoms with Crippen molar-refractivity contribution in [3.05, 3.63) is 83.3 Å². The normalized spacial score (nSPS) is 17.2. The molecule has 8 nitrogen and oxygen atoms in total. The lowest BCUT2D eigenvalue weighted by Crippen LogP contribution is -2.43. The van der Waals surface area contributed by atoms with Gasteiger partial charge in [0.25, 0.3) is 0 Å². The van der Waals surface area contributed by atoms with Gasteiger partial charge in [-0.25, -0.2) is 4.68 Å². The molecule has 1 aliphatic heterocycles. The Bertz CT molecular complexity index is 1260. The summed E-state index contributed by atoms with van der Waals surface area (Å²) in [6.45, 7) is 0.293. The Kier molecular flexibility index (Phi) is 5.97. The first-order valence-electron chi connectivity index (χ1n) is 10.2. The van der Waals surface area contributed by atoms with E-state index in [0.717, 1.165) is 11.1 Å². The van der Waals surface area contributed by atoms with Crippen LogP contribution in [0.5, 0.6) is 5.75 Å². The SMILES string of the molecule is COc1ccc([C@@H]2Nn3c(nnc3-c3ccccc3)S[C@@H]2C(=O)NCc2ccco2)cc1Cl. The standard InChI is InChI=1S/C23H20ClN5O3S/c1-31-18-10-9-15(12-17(18)24)19-20(22(30)25-13-16-8-5-11-32-16)33-23-27-26-21(29(23)28-19)14-6-3-2-4-7-14/h2-12,19-20,28H,13H2,1H3,(H,25,30)/t19-,20-/m0/s1. The van der Waals surface area contributed by atoms with Gasteiger partial charge >= 0.3 is 0 Å². The smallest absolute Gasteiger partial charge is 0.236 e. The molecule has 0 fully saturated rings. The zero-order valence-electron chi connectivity index (χ0n) is 17.6. The minimum absolute atomic E-state index is 0.156. The van der Waals surface area contributed by atoms with Crippen LogP contribution in [0.4, 0.5) is 0 Å². The lowest BCUT2D eigenvalue weighted by Gasteiger charge is -2.33. The molecular formula is C23H20ClN5O3S. The molecule has 0 radical (unpaired) electrons. The molecule has 1 aliphatic rings. The molecule has 33 heavy (non-hydrogen) atoms. The Morgan fingerprint density at radius 3 is 2.79 bits per heavy atom. The van der Waals surface area contributed by atoms with Crippen LogP contribution < -0.4 is 15.5 Å². The molecule has 2 aromatic carbocycles. The molecule has 168 valence electrons. The number of nitrogens with one attached hydrogen (secondary N) is 2. The number of hydrogen-bond donors (Lipinski definition) is 2. The number of carbonyl (C=O) groups excluding carboxylic acids is 1. The number of ether oxygens (including phenoxy) is 1. The summed E-state index contributed by atoms with van der Waals surface area (Å²) in [7, 11) is 1.57. The zero-order valence-corrected chi connectivity index (χ0v) is 19.1. The average molecular weight is 482 g/mol. The van der Waals surface area contributed by atoms with Gasteiger partial charge in [-0.15, -0.1) is 10.2 Å². The molecule has 3 heterocycles. The molecule has 2 aromatic heterocycles. The van der Waals surface area contributed by atoms with E-state index >= 15 is 0 Å². The highest BCUT2D eigenvalue weighted by Crippen LogP contribution is 2.40. The van der Waals surface area contributed by atoms with Crippen molar-refractivity contribution >= 4 is 29.3 Å². The summed E-state index contributed by atoms with van der Waals surface area (Å²) in [4.78, 5) is 13.2. The topological polar surface area (TPSA) is 94.2 Å². The first kappa shape index (κ1) is 21.4. The van der Waals surface area contributed by atoms with Crippen LogP contribution in [0.15, 0.2) is 76.5 Å². The molecule has 1 amide bonds. The maximum Gasteiger partial charge on any atom is 0.236 e. The van der Waals surface area contributed by atoms with Gasteiger partial charge in [-0.3, -0.25) is 4.79 Å². The van der Waals surface area contributed by atoms with Gasteiger partial charge < -0.3 is 19.9 Å². The molecule has 2 N–H and O–H groups in total. The van der Waals surface area contributed by atoms with Crippen LogP contribution in [-0.2, 0) is 11.3 Å². The number of halogens is 1. The number of rotatable bonds is 6. The second-order valence-corrected chi connectivity index (χ2v) is 8.86. The number of thioether (sulfide) groups is 1. The highest BCUT2D eigenvalue weighted by Gasteiger charge is 2.38. The molecule has 0 saturated heterocycles. The Labute approximate surface area is 199 Å². The van der Waals surface area contributed by atoms with E-state index in [1.54, 1.807) is 25.5 Å². The molecule has 2 atom stereocenters. The molecule has 0 saturated carbocycles. The van der Waals surface area contributed by atoms with E-state index in [1.807, 2.05) is 53.2 Å². The Balaban J connectivity index is 1.49. The molecule has 0 spiro atoms. The van der Waals surface area contributed by atoms with E-state index in [9.17, 15) is 4.79 Å². The summed E-state index contributed by atoms with van der Waals surface area (Å²) in [6, 6.07) is 18.5. The van der Waals surface area contributed by atoms with Crippen molar-refractivity contribution in [2.24, 2.45) is 0 Å². The number of furan rings is 1. The summed E-state index contributed by atoms with van der Waals surface area (Å²) in [5.41, 5.74) is 5.19. The number of aromatic nitrogens is 3. The lowest BCUT2D eigenvalue weighted by molar-refractivity contribution is -0.121. The number of hydrogen-bond acceptors (Lipinski definition) is 7. The maximum absolute atomic E-state index is 13.2. The molecule has 4 aromatic rings. The number of nitrogens with zero attached hydrogens (tertiary/aromatic N) is 3. The monoisotopic (exact) mass is 481 g/mol. The fourth-order valence-electron chi connectivity index (χ4n) is 3.64. The number of fused-ring (bicyclic) bond motifs is 1. The van der Waals surface area contributed by atoms with Crippen molar-refractivity contribution in [1.29, 1.82) is 0 Å². The van der Waals surface area contributed by atoms with Gasteiger partial charge in [-0.05, 0) is 29.8 Å². The third-order valence-corrected chi connectivity index (χ3v) is 6.79. The summed E-state index contributed by atoms with van der Waals surface area (Å²) in [5, 5.41) is 12.2. The molecule has 5 rings (SSSR count). The summed E-state index contributed by atoms with van der Waals surface area (Å²) in [5.74, 6) is 1.75.